The van der Waals surface area contributed by atoms with Gasteiger partial charge in [0, 0.05) is 45.2 Å². The van der Waals surface area contributed by atoms with Crippen molar-refractivity contribution in [3.05, 3.63) is 16.4 Å². The number of rotatable bonds is 5. The van der Waals surface area contributed by atoms with E-state index >= 15 is 0 Å². The summed E-state index contributed by atoms with van der Waals surface area (Å²) in [6, 6.07) is 1.50. The summed E-state index contributed by atoms with van der Waals surface area (Å²) in [6.07, 6.45) is 1.07. The minimum Gasteiger partial charge on any atom is -0.350 e. The van der Waals surface area contributed by atoms with Crippen LogP contribution in [0.2, 0.25) is 0 Å². The Balaban J connectivity index is 1.63. The number of hydrogen-bond acceptors (Lipinski definition) is 5. The van der Waals surface area contributed by atoms with Crippen molar-refractivity contribution in [1.82, 2.24) is 20.3 Å². The number of nitrogens with zero attached hydrogens (tertiary/aromatic N) is 3. The zero-order chi connectivity index (χ0) is 15.2. The summed E-state index contributed by atoms with van der Waals surface area (Å²) in [7, 11) is 2.05. The molecule has 0 spiro atoms. The molecular formula is C13H19BrN4O3. The van der Waals surface area contributed by atoms with E-state index in [2.05, 4.69) is 38.4 Å². The highest BCUT2D eigenvalue weighted by Crippen LogP contribution is 2.09. The molecule has 1 aliphatic rings. The molecule has 0 aromatic carbocycles. The monoisotopic (exact) mass is 358 g/mol. The summed E-state index contributed by atoms with van der Waals surface area (Å²) in [5, 5.41) is 6.28. The third kappa shape index (κ3) is 4.82. The second-order valence-corrected chi connectivity index (χ2v) is 5.87. The number of amides is 2. The molecule has 1 fully saturated rings. The van der Waals surface area contributed by atoms with Crippen LogP contribution in [0.1, 0.15) is 23.4 Å². The van der Waals surface area contributed by atoms with Crippen LogP contribution in [0.5, 0.6) is 0 Å². The maximum atomic E-state index is 12.0. The topological polar surface area (TPSA) is 78.7 Å². The van der Waals surface area contributed by atoms with Gasteiger partial charge >= 0.3 is 0 Å². The summed E-state index contributed by atoms with van der Waals surface area (Å²) in [6.45, 7) is 3.85. The quantitative estimate of drug-likeness (QED) is 0.784. The van der Waals surface area contributed by atoms with Gasteiger partial charge in [-0.25, -0.2) is 0 Å². The van der Waals surface area contributed by atoms with Crippen molar-refractivity contribution in [1.29, 1.82) is 0 Å². The van der Waals surface area contributed by atoms with Gasteiger partial charge in [0.05, 0.1) is 0 Å². The van der Waals surface area contributed by atoms with Crippen LogP contribution < -0.4 is 5.32 Å². The van der Waals surface area contributed by atoms with Gasteiger partial charge in [0.1, 0.15) is 4.60 Å². The minimum absolute atomic E-state index is 0.153. The molecule has 2 amide bonds. The van der Waals surface area contributed by atoms with E-state index in [0.717, 1.165) is 26.2 Å². The van der Waals surface area contributed by atoms with E-state index in [9.17, 15) is 9.59 Å². The van der Waals surface area contributed by atoms with Gasteiger partial charge in [-0.3, -0.25) is 9.59 Å². The first-order chi connectivity index (χ1) is 10.1. The van der Waals surface area contributed by atoms with E-state index in [1.165, 1.54) is 6.07 Å². The van der Waals surface area contributed by atoms with Crippen LogP contribution in [0, 0.1) is 0 Å². The van der Waals surface area contributed by atoms with Crippen molar-refractivity contribution in [2.24, 2.45) is 0 Å². The van der Waals surface area contributed by atoms with Crippen LogP contribution >= 0.6 is 15.9 Å². The molecule has 1 aromatic rings. The Morgan fingerprint density at radius 3 is 2.71 bits per heavy atom. The van der Waals surface area contributed by atoms with Gasteiger partial charge in [-0.1, -0.05) is 5.16 Å². The highest BCUT2D eigenvalue weighted by Gasteiger charge is 2.18. The molecule has 1 N–H and O–H groups in total. The van der Waals surface area contributed by atoms with Gasteiger partial charge in [-0.05, 0) is 29.4 Å². The molecule has 8 heteroatoms. The summed E-state index contributed by atoms with van der Waals surface area (Å²) < 4.78 is 5.30. The largest absolute Gasteiger partial charge is 0.350 e. The number of piperazine rings is 1. The average molecular weight is 359 g/mol. The van der Waals surface area contributed by atoms with Crippen molar-refractivity contribution in [3.8, 4) is 0 Å². The SMILES string of the molecule is CN1CCN(C(=O)CCCNC(=O)c2cc(Br)no2)CC1. The molecule has 0 saturated carbocycles. The van der Waals surface area contributed by atoms with Crippen molar-refractivity contribution >= 4 is 27.7 Å². The van der Waals surface area contributed by atoms with Gasteiger partial charge in [0.2, 0.25) is 11.7 Å². The fourth-order valence-corrected chi connectivity index (χ4v) is 2.38. The second-order valence-electron chi connectivity index (χ2n) is 5.06. The van der Waals surface area contributed by atoms with Crippen LogP contribution in [0.3, 0.4) is 0 Å². The third-order valence-corrected chi connectivity index (χ3v) is 3.79. The number of carbonyl (C=O) groups is 2. The molecule has 7 nitrogen and oxygen atoms in total. The lowest BCUT2D eigenvalue weighted by Crippen LogP contribution is -2.47. The van der Waals surface area contributed by atoms with E-state index < -0.39 is 0 Å². The first-order valence-corrected chi connectivity index (χ1v) is 7.72. The summed E-state index contributed by atoms with van der Waals surface area (Å²) in [5.41, 5.74) is 0. The molecule has 0 unspecified atom stereocenters. The summed E-state index contributed by atoms with van der Waals surface area (Å²) in [5.74, 6) is -0.00715. The van der Waals surface area contributed by atoms with Crippen LogP contribution in [-0.4, -0.2) is 66.5 Å². The van der Waals surface area contributed by atoms with Crippen molar-refractivity contribution in [2.45, 2.75) is 12.8 Å². The lowest BCUT2D eigenvalue weighted by Gasteiger charge is -2.32. The third-order valence-electron chi connectivity index (χ3n) is 3.41. The van der Waals surface area contributed by atoms with E-state index in [-0.39, 0.29) is 17.6 Å². The molecule has 2 rings (SSSR count). The molecule has 1 aromatic heterocycles. The smallest absolute Gasteiger partial charge is 0.289 e. The summed E-state index contributed by atoms with van der Waals surface area (Å²) >= 11 is 3.11. The number of halogens is 1. The average Bonchev–Trinajstić information content (AvgIpc) is 2.90. The fourth-order valence-electron chi connectivity index (χ4n) is 2.10. The molecule has 0 aliphatic carbocycles. The normalized spacial score (nSPS) is 16.0. The number of nitrogens with one attached hydrogen (secondary N) is 1. The molecule has 0 atom stereocenters. The molecule has 1 aliphatic heterocycles. The number of likely N-dealkylation sites (N-methyl/N-ethyl adjacent to an activating group) is 1. The van der Waals surface area contributed by atoms with Crippen molar-refractivity contribution in [2.75, 3.05) is 39.8 Å². The Morgan fingerprint density at radius 1 is 1.38 bits per heavy atom. The Morgan fingerprint density at radius 2 is 2.10 bits per heavy atom. The predicted octanol–water partition coefficient (Wildman–Crippen LogP) is 0.721. The molecular weight excluding hydrogens is 340 g/mol. The van der Waals surface area contributed by atoms with Crippen LogP contribution in [0.15, 0.2) is 15.2 Å². The number of aromatic nitrogens is 1. The van der Waals surface area contributed by atoms with Crippen molar-refractivity contribution < 1.29 is 14.1 Å². The Kier molecular flexibility index (Phi) is 5.75. The zero-order valence-electron chi connectivity index (χ0n) is 12.0. The van der Waals surface area contributed by atoms with E-state index in [4.69, 9.17) is 4.52 Å². The Bertz CT molecular complexity index is 497. The van der Waals surface area contributed by atoms with E-state index in [0.29, 0.717) is 24.0 Å². The lowest BCUT2D eigenvalue weighted by atomic mass is 10.2. The second kappa shape index (κ2) is 7.56. The molecule has 0 bridgehead atoms. The lowest BCUT2D eigenvalue weighted by molar-refractivity contribution is -0.132. The maximum Gasteiger partial charge on any atom is 0.289 e. The first kappa shape index (κ1) is 16.0. The minimum atomic E-state index is -0.319. The number of hydrogen-bond donors (Lipinski definition) is 1. The van der Waals surface area contributed by atoms with Gasteiger partial charge in [0.25, 0.3) is 5.91 Å². The maximum absolute atomic E-state index is 12.0. The predicted molar refractivity (Wildman–Crippen MR) is 79.8 cm³/mol. The Labute approximate surface area is 131 Å². The molecule has 116 valence electrons. The van der Waals surface area contributed by atoms with Crippen molar-refractivity contribution in [3.63, 3.8) is 0 Å². The van der Waals surface area contributed by atoms with Gasteiger partial charge < -0.3 is 19.6 Å². The summed E-state index contributed by atoms with van der Waals surface area (Å²) in [4.78, 5) is 27.7. The number of carbonyl (C=O) groups excluding carboxylic acids is 2. The highest BCUT2D eigenvalue weighted by molar-refractivity contribution is 9.10. The molecule has 2 heterocycles. The van der Waals surface area contributed by atoms with Gasteiger partial charge in [-0.15, -0.1) is 0 Å². The van der Waals surface area contributed by atoms with Gasteiger partial charge in [0.15, 0.2) is 0 Å². The zero-order valence-corrected chi connectivity index (χ0v) is 13.6. The highest BCUT2D eigenvalue weighted by atomic mass is 79.9. The standard InChI is InChI=1S/C13H19BrN4O3/c1-17-5-7-18(8-6-17)12(19)3-2-4-15-13(20)10-9-11(14)16-21-10/h9H,2-8H2,1H3,(H,15,20). The van der Waals surface area contributed by atoms with Crippen LogP contribution in [-0.2, 0) is 4.79 Å². The van der Waals surface area contributed by atoms with Crippen LogP contribution in [0.4, 0.5) is 0 Å². The van der Waals surface area contributed by atoms with Crippen LogP contribution in [0.25, 0.3) is 0 Å². The van der Waals surface area contributed by atoms with Gasteiger partial charge in [-0.2, -0.15) is 0 Å². The molecule has 1 saturated heterocycles. The Hall–Kier alpha value is -1.41. The van der Waals surface area contributed by atoms with E-state index in [1.807, 2.05) is 4.90 Å². The molecule has 21 heavy (non-hydrogen) atoms. The first-order valence-electron chi connectivity index (χ1n) is 6.93. The van der Waals surface area contributed by atoms with E-state index in [1.54, 1.807) is 0 Å². The molecule has 0 radical (unpaired) electrons. The fraction of sp³-hybridized carbons (Fsp3) is 0.615.